The van der Waals surface area contributed by atoms with Crippen LogP contribution in [0.5, 0.6) is 0 Å². The second-order valence-electron chi connectivity index (χ2n) is 5.31. The number of rotatable bonds is 2. The zero-order chi connectivity index (χ0) is 14.2. The van der Waals surface area contributed by atoms with E-state index in [2.05, 4.69) is 51.2 Å². The van der Waals surface area contributed by atoms with Gasteiger partial charge in [-0.25, -0.2) is 0 Å². The molecule has 21 heavy (non-hydrogen) atoms. The van der Waals surface area contributed by atoms with Crippen molar-refractivity contribution in [1.29, 1.82) is 0 Å². The Balaban J connectivity index is 1.82. The van der Waals surface area contributed by atoms with Crippen molar-refractivity contribution in [3.63, 3.8) is 0 Å². The number of nitrogens with zero attached hydrogens (tertiary/aromatic N) is 3. The number of hydrogen-bond donors (Lipinski definition) is 1. The number of benzene rings is 2. The lowest BCUT2D eigenvalue weighted by molar-refractivity contribution is 0.688. The summed E-state index contributed by atoms with van der Waals surface area (Å²) in [6.45, 7) is 1.49. The van der Waals surface area contributed by atoms with Gasteiger partial charge in [0.2, 0.25) is 0 Å². The van der Waals surface area contributed by atoms with Crippen LogP contribution in [-0.4, -0.2) is 14.8 Å². The smallest absolute Gasteiger partial charge is 0.164 e. The van der Waals surface area contributed by atoms with Crippen molar-refractivity contribution < 1.29 is 0 Å². The first kappa shape index (κ1) is 12.3. The van der Waals surface area contributed by atoms with E-state index in [0.29, 0.717) is 6.54 Å². The minimum atomic E-state index is 0.561. The van der Waals surface area contributed by atoms with Gasteiger partial charge in [-0.05, 0) is 17.5 Å². The molecule has 0 saturated heterocycles. The maximum absolute atomic E-state index is 5.65. The van der Waals surface area contributed by atoms with E-state index in [0.717, 1.165) is 35.7 Å². The molecule has 3 aromatic rings. The van der Waals surface area contributed by atoms with Crippen LogP contribution in [0.4, 0.5) is 0 Å². The van der Waals surface area contributed by atoms with Crippen molar-refractivity contribution in [2.24, 2.45) is 5.73 Å². The summed E-state index contributed by atoms with van der Waals surface area (Å²) in [6, 6.07) is 16.7. The lowest BCUT2D eigenvalue weighted by atomic mass is 10.0. The molecular weight excluding hydrogens is 260 g/mol. The Morgan fingerprint density at radius 3 is 2.52 bits per heavy atom. The summed E-state index contributed by atoms with van der Waals surface area (Å²) in [5, 5.41) is 8.81. The molecule has 0 spiro atoms. The predicted octanol–water partition coefficient (Wildman–Crippen LogP) is 2.63. The number of fused-ring (bicyclic) bond motifs is 3. The highest BCUT2D eigenvalue weighted by molar-refractivity contribution is 5.66. The fourth-order valence-corrected chi connectivity index (χ4v) is 2.91. The van der Waals surface area contributed by atoms with Crippen LogP contribution in [-0.2, 0) is 19.5 Å². The lowest BCUT2D eigenvalue weighted by Crippen LogP contribution is -2.12. The molecular formula is C17H16N4. The summed E-state index contributed by atoms with van der Waals surface area (Å²) in [5.41, 5.74) is 10.4. The van der Waals surface area contributed by atoms with Crippen molar-refractivity contribution >= 4 is 0 Å². The first-order valence-corrected chi connectivity index (χ1v) is 7.17. The summed E-state index contributed by atoms with van der Waals surface area (Å²) >= 11 is 0. The van der Waals surface area contributed by atoms with Gasteiger partial charge in [0.15, 0.2) is 11.6 Å². The van der Waals surface area contributed by atoms with Gasteiger partial charge in [0.1, 0.15) is 0 Å². The predicted molar refractivity (Wildman–Crippen MR) is 82.5 cm³/mol. The Kier molecular flexibility index (Phi) is 2.82. The van der Waals surface area contributed by atoms with Crippen molar-refractivity contribution in [1.82, 2.24) is 14.8 Å². The molecule has 4 rings (SSSR count). The third kappa shape index (κ3) is 1.96. The molecule has 0 atom stereocenters. The van der Waals surface area contributed by atoms with Gasteiger partial charge in [0.05, 0.1) is 0 Å². The van der Waals surface area contributed by atoms with Crippen molar-refractivity contribution in [3.05, 3.63) is 59.7 Å². The van der Waals surface area contributed by atoms with E-state index in [9.17, 15) is 0 Å². The molecule has 1 aliphatic rings. The third-order valence-corrected chi connectivity index (χ3v) is 4.06. The molecule has 0 saturated carbocycles. The van der Waals surface area contributed by atoms with Gasteiger partial charge < -0.3 is 10.3 Å². The van der Waals surface area contributed by atoms with Gasteiger partial charge in [0, 0.05) is 24.2 Å². The molecule has 2 aromatic carbocycles. The molecule has 4 nitrogen and oxygen atoms in total. The van der Waals surface area contributed by atoms with Crippen LogP contribution in [0.25, 0.3) is 22.8 Å². The Morgan fingerprint density at radius 2 is 1.71 bits per heavy atom. The first-order valence-electron chi connectivity index (χ1n) is 7.17. The van der Waals surface area contributed by atoms with E-state index in [-0.39, 0.29) is 0 Å². The Hall–Kier alpha value is -2.46. The molecule has 1 aliphatic heterocycles. The highest BCUT2D eigenvalue weighted by Gasteiger charge is 2.21. The topological polar surface area (TPSA) is 56.7 Å². The molecule has 2 heterocycles. The molecule has 0 radical (unpaired) electrons. The quantitative estimate of drug-likeness (QED) is 0.782. The minimum Gasteiger partial charge on any atom is -0.326 e. The monoisotopic (exact) mass is 276 g/mol. The molecule has 0 fully saturated rings. The maximum Gasteiger partial charge on any atom is 0.164 e. The number of nitrogens with two attached hydrogens (primary N) is 1. The fraction of sp³-hybridized carbons (Fsp3) is 0.176. The third-order valence-electron chi connectivity index (χ3n) is 4.06. The van der Waals surface area contributed by atoms with Crippen molar-refractivity contribution in [2.75, 3.05) is 0 Å². The second-order valence-corrected chi connectivity index (χ2v) is 5.31. The molecule has 0 amide bonds. The van der Waals surface area contributed by atoms with Crippen molar-refractivity contribution in [3.8, 4) is 22.8 Å². The van der Waals surface area contributed by atoms with Crippen LogP contribution in [0.1, 0.15) is 11.1 Å². The molecule has 2 N–H and O–H groups in total. The minimum absolute atomic E-state index is 0.561. The normalized spacial score (nSPS) is 12.8. The first-order chi connectivity index (χ1) is 10.4. The van der Waals surface area contributed by atoms with Gasteiger partial charge in [-0.3, -0.25) is 0 Å². The molecule has 0 aliphatic carbocycles. The molecule has 0 unspecified atom stereocenters. The summed E-state index contributed by atoms with van der Waals surface area (Å²) in [7, 11) is 0. The molecule has 0 bridgehead atoms. The van der Waals surface area contributed by atoms with E-state index in [1.54, 1.807) is 0 Å². The largest absolute Gasteiger partial charge is 0.326 e. The highest BCUT2D eigenvalue weighted by atomic mass is 15.3. The van der Waals surface area contributed by atoms with Gasteiger partial charge in [-0.1, -0.05) is 48.5 Å². The van der Waals surface area contributed by atoms with Crippen LogP contribution >= 0.6 is 0 Å². The second kappa shape index (κ2) is 4.82. The molecule has 104 valence electrons. The zero-order valence-corrected chi connectivity index (χ0v) is 11.7. The standard InChI is InChI=1S/C17H16N4/c18-11-12-5-7-14(8-6-12)16-19-20-17-15-4-2-1-3-13(15)9-10-21(16)17/h1-8H,9-11,18H2. The van der Waals surface area contributed by atoms with Gasteiger partial charge in [0.25, 0.3) is 0 Å². The van der Waals surface area contributed by atoms with Crippen molar-refractivity contribution in [2.45, 2.75) is 19.5 Å². The van der Waals surface area contributed by atoms with Crippen LogP contribution in [0.3, 0.4) is 0 Å². The number of aromatic nitrogens is 3. The number of hydrogen-bond acceptors (Lipinski definition) is 3. The van der Waals surface area contributed by atoms with Crippen LogP contribution in [0.2, 0.25) is 0 Å². The Bertz CT molecular complexity index is 787. The van der Waals surface area contributed by atoms with E-state index in [4.69, 9.17) is 5.73 Å². The zero-order valence-electron chi connectivity index (χ0n) is 11.7. The highest BCUT2D eigenvalue weighted by Crippen LogP contribution is 2.31. The van der Waals surface area contributed by atoms with Gasteiger partial charge in [-0.15, -0.1) is 10.2 Å². The molecule has 4 heteroatoms. The maximum atomic E-state index is 5.65. The fourth-order valence-electron chi connectivity index (χ4n) is 2.91. The van der Waals surface area contributed by atoms with Crippen LogP contribution in [0.15, 0.2) is 48.5 Å². The summed E-state index contributed by atoms with van der Waals surface area (Å²) in [6.07, 6.45) is 1.02. The van der Waals surface area contributed by atoms with Gasteiger partial charge >= 0.3 is 0 Å². The lowest BCUT2D eigenvalue weighted by Gasteiger charge is -2.18. The summed E-state index contributed by atoms with van der Waals surface area (Å²) < 4.78 is 2.21. The van der Waals surface area contributed by atoms with E-state index in [1.165, 1.54) is 11.1 Å². The SMILES string of the molecule is NCc1ccc(-c2nnc3n2CCc2ccccc2-3)cc1. The van der Waals surface area contributed by atoms with E-state index in [1.807, 2.05) is 12.1 Å². The molecule has 1 aromatic heterocycles. The average Bonchev–Trinajstić information content (AvgIpc) is 2.99. The summed E-state index contributed by atoms with van der Waals surface area (Å²) in [5.74, 6) is 1.90. The average molecular weight is 276 g/mol. The van der Waals surface area contributed by atoms with E-state index >= 15 is 0 Å². The van der Waals surface area contributed by atoms with E-state index < -0.39 is 0 Å². The Morgan fingerprint density at radius 1 is 0.952 bits per heavy atom. The van der Waals surface area contributed by atoms with Gasteiger partial charge in [-0.2, -0.15) is 0 Å². The summed E-state index contributed by atoms with van der Waals surface area (Å²) in [4.78, 5) is 0. The van der Waals surface area contributed by atoms with Crippen LogP contribution in [0, 0.1) is 0 Å². The number of aryl methyl sites for hydroxylation is 1. The Labute approximate surface area is 123 Å². The van der Waals surface area contributed by atoms with Crippen LogP contribution < -0.4 is 5.73 Å².